The fourth-order valence-corrected chi connectivity index (χ4v) is 11.5. The molecule has 1 unspecified atom stereocenters. The van der Waals surface area contributed by atoms with E-state index in [0.29, 0.717) is 42.0 Å². The standard InChI is InChI=1S/C30H42O4/c1-16-22-19(34-25(16)33)15-27(4)12-13-29(6)17(23(22)27)8-9-20-28(5)11-10-21(32)26(2,3)24(28)18(31)14-30(20,29)7/h17,19-20,22-24H,1,8-15H2,2-7H3/t17-,19?,20-,22-,23+,24+,27+,28-,29-,30-/m1/s1. The van der Waals surface area contributed by atoms with Crippen LogP contribution in [0, 0.1) is 56.7 Å². The van der Waals surface area contributed by atoms with Gasteiger partial charge in [0, 0.05) is 35.7 Å². The van der Waals surface area contributed by atoms with Gasteiger partial charge in [-0.3, -0.25) is 9.59 Å². The molecule has 0 radical (unpaired) electrons. The van der Waals surface area contributed by atoms with E-state index < -0.39 is 5.41 Å². The van der Waals surface area contributed by atoms with Crippen molar-refractivity contribution in [2.45, 2.75) is 99.0 Å². The van der Waals surface area contributed by atoms with E-state index in [1.807, 2.05) is 13.8 Å². The molecule has 0 spiro atoms. The first-order valence-electron chi connectivity index (χ1n) is 13.7. The molecule has 5 aliphatic carbocycles. The van der Waals surface area contributed by atoms with Crippen molar-refractivity contribution in [1.82, 2.24) is 0 Å². The van der Waals surface area contributed by atoms with Crippen LogP contribution in [0.2, 0.25) is 0 Å². The Bertz CT molecular complexity index is 1020. The molecule has 6 rings (SSSR count). The monoisotopic (exact) mass is 466 g/mol. The van der Waals surface area contributed by atoms with Gasteiger partial charge in [0.2, 0.25) is 0 Å². The second-order valence-electron chi connectivity index (χ2n) is 14.7. The lowest BCUT2D eigenvalue weighted by molar-refractivity contribution is -0.226. The van der Waals surface area contributed by atoms with Crippen LogP contribution in [0.3, 0.4) is 0 Å². The lowest BCUT2D eigenvalue weighted by Crippen LogP contribution is -2.68. The Balaban J connectivity index is 1.43. The molecule has 4 heteroatoms. The molecule has 0 aromatic carbocycles. The van der Waals surface area contributed by atoms with Crippen molar-refractivity contribution in [3.05, 3.63) is 12.2 Å². The van der Waals surface area contributed by atoms with E-state index >= 15 is 0 Å². The first-order valence-corrected chi connectivity index (χ1v) is 13.7. The maximum atomic E-state index is 14.0. The Labute approximate surface area is 204 Å². The molecule has 0 aromatic rings. The lowest BCUT2D eigenvalue weighted by atomic mass is 9.32. The van der Waals surface area contributed by atoms with Crippen LogP contribution in [0.5, 0.6) is 0 Å². The van der Waals surface area contributed by atoms with Crippen molar-refractivity contribution in [3.8, 4) is 0 Å². The fraction of sp³-hybridized carbons (Fsp3) is 0.833. The molecular weight excluding hydrogens is 424 g/mol. The number of Topliss-reactive ketones (excluding diaryl/α,β-unsaturated/α-hetero) is 2. The van der Waals surface area contributed by atoms with Gasteiger partial charge >= 0.3 is 5.97 Å². The second-order valence-corrected chi connectivity index (χ2v) is 14.7. The minimum atomic E-state index is -0.563. The quantitative estimate of drug-likeness (QED) is 0.328. The summed E-state index contributed by atoms with van der Waals surface area (Å²) in [6, 6.07) is 0. The van der Waals surface area contributed by atoms with Gasteiger partial charge in [0.1, 0.15) is 17.7 Å². The zero-order chi connectivity index (χ0) is 24.6. The van der Waals surface area contributed by atoms with Crippen LogP contribution in [-0.2, 0) is 19.1 Å². The lowest BCUT2D eigenvalue weighted by Gasteiger charge is -2.71. The molecule has 1 heterocycles. The summed E-state index contributed by atoms with van der Waals surface area (Å²) in [5.41, 5.74) is 0.136. The Kier molecular flexibility index (Phi) is 4.36. The molecule has 0 amide bonds. The number of hydrogen-bond acceptors (Lipinski definition) is 4. The third kappa shape index (κ3) is 2.39. The van der Waals surface area contributed by atoms with Crippen LogP contribution >= 0.6 is 0 Å². The first-order chi connectivity index (χ1) is 15.7. The molecule has 5 saturated carbocycles. The Hall–Kier alpha value is -1.45. The number of carbonyl (C=O) groups excluding carboxylic acids is 3. The fourth-order valence-electron chi connectivity index (χ4n) is 11.5. The number of hydrogen-bond donors (Lipinski definition) is 0. The SMILES string of the molecule is C=C1C(=O)OC2C[C@]3(C)CC[C@]4(C)[C@H](CC[C@@H]5[C@@]6(C)CCC(=O)C(C)(C)[C@@H]6C(=O)C[C@]54C)[C@H]3[C@H]12. The van der Waals surface area contributed by atoms with Gasteiger partial charge in [0.15, 0.2) is 0 Å². The summed E-state index contributed by atoms with van der Waals surface area (Å²) < 4.78 is 5.81. The number of fused-ring (bicyclic) bond motifs is 9. The Morgan fingerprint density at radius 3 is 2.32 bits per heavy atom. The maximum absolute atomic E-state index is 14.0. The summed E-state index contributed by atoms with van der Waals surface area (Å²) in [6.07, 6.45) is 7.50. The Morgan fingerprint density at radius 1 is 0.912 bits per heavy atom. The van der Waals surface area contributed by atoms with Gasteiger partial charge < -0.3 is 4.74 Å². The average molecular weight is 467 g/mol. The van der Waals surface area contributed by atoms with E-state index in [9.17, 15) is 14.4 Å². The molecule has 0 aromatic heterocycles. The van der Waals surface area contributed by atoms with E-state index in [4.69, 9.17) is 4.74 Å². The van der Waals surface area contributed by atoms with E-state index in [-0.39, 0.29) is 51.4 Å². The molecule has 0 bridgehead atoms. The number of ether oxygens (including phenoxy) is 1. The van der Waals surface area contributed by atoms with Gasteiger partial charge in [-0.1, -0.05) is 48.1 Å². The summed E-state index contributed by atoms with van der Waals surface area (Å²) in [4.78, 5) is 39.4. The normalized spacial score (nSPS) is 55.6. The first kappa shape index (κ1) is 23.0. The molecule has 6 fully saturated rings. The highest BCUT2D eigenvalue weighted by atomic mass is 16.6. The smallest absolute Gasteiger partial charge is 0.334 e. The second kappa shape index (κ2) is 6.45. The van der Waals surface area contributed by atoms with Gasteiger partial charge in [0.05, 0.1) is 0 Å². The zero-order valence-corrected chi connectivity index (χ0v) is 22.0. The molecular formula is C30H42O4. The van der Waals surface area contributed by atoms with Crippen LogP contribution in [0.25, 0.3) is 0 Å². The molecule has 10 atom stereocenters. The molecule has 6 aliphatic rings. The van der Waals surface area contributed by atoms with Crippen molar-refractivity contribution in [2.24, 2.45) is 56.7 Å². The minimum absolute atomic E-state index is 0.0112. The van der Waals surface area contributed by atoms with Gasteiger partial charge in [-0.15, -0.1) is 0 Å². The number of rotatable bonds is 0. The van der Waals surface area contributed by atoms with Crippen molar-refractivity contribution >= 4 is 17.5 Å². The molecule has 34 heavy (non-hydrogen) atoms. The summed E-state index contributed by atoms with van der Waals surface area (Å²) in [5, 5.41) is 0. The topological polar surface area (TPSA) is 60.4 Å². The highest BCUT2D eigenvalue weighted by Crippen LogP contribution is 2.77. The van der Waals surface area contributed by atoms with Crippen molar-refractivity contribution < 1.29 is 19.1 Å². The van der Waals surface area contributed by atoms with Gasteiger partial charge in [-0.05, 0) is 77.9 Å². The minimum Gasteiger partial charge on any atom is -0.458 e. The number of carbonyl (C=O) groups is 3. The van der Waals surface area contributed by atoms with Gasteiger partial charge in [-0.2, -0.15) is 0 Å². The van der Waals surface area contributed by atoms with Crippen LogP contribution in [0.15, 0.2) is 12.2 Å². The molecule has 1 saturated heterocycles. The third-order valence-corrected chi connectivity index (χ3v) is 13.1. The maximum Gasteiger partial charge on any atom is 0.334 e. The summed E-state index contributed by atoms with van der Waals surface area (Å²) in [5.74, 6) is 1.69. The van der Waals surface area contributed by atoms with E-state index in [1.54, 1.807) is 0 Å². The highest BCUT2D eigenvalue weighted by molar-refractivity contribution is 5.95. The van der Waals surface area contributed by atoms with Gasteiger partial charge in [0.25, 0.3) is 0 Å². The van der Waals surface area contributed by atoms with Crippen molar-refractivity contribution in [1.29, 1.82) is 0 Å². The zero-order valence-electron chi connectivity index (χ0n) is 22.0. The summed E-state index contributed by atoms with van der Waals surface area (Å²) in [7, 11) is 0. The Morgan fingerprint density at radius 2 is 1.62 bits per heavy atom. The van der Waals surface area contributed by atoms with Crippen LogP contribution in [-0.4, -0.2) is 23.6 Å². The number of ketones is 2. The van der Waals surface area contributed by atoms with E-state index in [1.165, 1.54) is 0 Å². The van der Waals surface area contributed by atoms with Crippen molar-refractivity contribution in [3.63, 3.8) is 0 Å². The van der Waals surface area contributed by atoms with Gasteiger partial charge in [-0.25, -0.2) is 4.79 Å². The van der Waals surface area contributed by atoms with Crippen LogP contribution in [0.4, 0.5) is 0 Å². The summed E-state index contributed by atoms with van der Waals surface area (Å²) in [6.45, 7) is 17.9. The molecule has 0 N–H and O–H groups in total. The van der Waals surface area contributed by atoms with Crippen molar-refractivity contribution in [2.75, 3.05) is 0 Å². The predicted molar refractivity (Wildman–Crippen MR) is 130 cm³/mol. The molecule has 186 valence electrons. The largest absolute Gasteiger partial charge is 0.458 e. The summed E-state index contributed by atoms with van der Waals surface area (Å²) >= 11 is 0. The molecule has 4 nitrogen and oxygen atoms in total. The van der Waals surface area contributed by atoms with Crippen LogP contribution in [0.1, 0.15) is 92.9 Å². The highest BCUT2D eigenvalue weighted by Gasteiger charge is 2.73. The number of esters is 1. The predicted octanol–water partition coefficient (Wildman–Crippen LogP) is 5.93. The van der Waals surface area contributed by atoms with E-state index in [2.05, 4.69) is 34.3 Å². The van der Waals surface area contributed by atoms with E-state index in [0.717, 1.165) is 38.5 Å². The molecule has 1 aliphatic heterocycles. The van der Waals surface area contributed by atoms with Crippen LogP contribution < -0.4 is 0 Å². The average Bonchev–Trinajstić information content (AvgIpc) is 3.16. The third-order valence-electron chi connectivity index (χ3n) is 13.1.